The van der Waals surface area contributed by atoms with E-state index in [0.29, 0.717) is 0 Å². The summed E-state index contributed by atoms with van der Waals surface area (Å²) >= 11 is 0. The Labute approximate surface area is 133 Å². The van der Waals surface area contributed by atoms with E-state index in [-0.39, 0.29) is 23.2 Å². The normalized spacial score (nSPS) is 23.6. The molecule has 1 aliphatic rings. The van der Waals surface area contributed by atoms with Crippen LogP contribution >= 0.6 is 0 Å². The molecule has 22 heavy (non-hydrogen) atoms. The first-order chi connectivity index (χ1) is 10.3. The standard InChI is InChI=1S/C19H27NO2/c1-13(2)16-10-11-19(3,4)12-17(16)18(21)20-14-6-8-15(22-5)9-7-14/h6-9,16-17H,1,10-12H2,2-5H3,(H,20,21). The van der Waals surface area contributed by atoms with Crippen molar-refractivity contribution >= 4 is 11.6 Å². The Kier molecular flexibility index (Phi) is 4.94. The smallest absolute Gasteiger partial charge is 0.228 e. The molecule has 3 heteroatoms. The molecule has 1 N–H and O–H groups in total. The van der Waals surface area contributed by atoms with E-state index in [4.69, 9.17) is 4.74 Å². The van der Waals surface area contributed by atoms with Crippen molar-refractivity contribution in [3.63, 3.8) is 0 Å². The summed E-state index contributed by atoms with van der Waals surface area (Å²) in [6, 6.07) is 7.47. The molecule has 120 valence electrons. The van der Waals surface area contributed by atoms with Crippen molar-refractivity contribution in [1.82, 2.24) is 0 Å². The Hall–Kier alpha value is -1.77. The molecule has 0 aliphatic heterocycles. The lowest BCUT2D eigenvalue weighted by Gasteiger charge is -2.40. The molecule has 0 radical (unpaired) electrons. The van der Waals surface area contributed by atoms with Gasteiger partial charge in [-0.25, -0.2) is 0 Å². The second-order valence-corrected chi connectivity index (χ2v) is 7.18. The monoisotopic (exact) mass is 301 g/mol. The van der Waals surface area contributed by atoms with E-state index in [1.807, 2.05) is 31.2 Å². The third-order valence-electron chi connectivity index (χ3n) is 4.72. The van der Waals surface area contributed by atoms with Crippen molar-refractivity contribution < 1.29 is 9.53 Å². The Morgan fingerprint density at radius 2 is 1.91 bits per heavy atom. The summed E-state index contributed by atoms with van der Waals surface area (Å²) in [7, 11) is 1.63. The zero-order chi connectivity index (χ0) is 16.3. The molecular weight excluding hydrogens is 274 g/mol. The first kappa shape index (κ1) is 16.6. The highest BCUT2D eigenvalue weighted by Gasteiger charge is 2.39. The average molecular weight is 301 g/mol. The van der Waals surface area contributed by atoms with Gasteiger partial charge in [-0.2, -0.15) is 0 Å². The SMILES string of the molecule is C=C(C)C1CCC(C)(C)CC1C(=O)Nc1ccc(OC)cc1. The summed E-state index contributed by atoms with van der Waals surface area (Å²) < 4.78 is 5.14. The van der Waals surface area contributed by atoms with Gasteiger partial charge in [0.15, 0.2) is 0 Å². The quantitative estimate of drug-likeness (QED) is 0.822. The number of anilines is 1. The van der Waals surface area contributed by atoms with Crippen LogP contribution in [0.2, 0.25) is 0 Å². The van der Waals surface area contributed by atoms with E-state index in [2.05, 4.69) is 25.7 Å². The van der Waals surface area contributed by atoms with Crippen molar-refractivity contribution in [2.45, 2.75) is 40.0 Å². The van der Waals surface area contributed by atoms with Gasteiger partial charge in [-0.1, -0.05) is 26.0 Å². The molecule has 1 fully saturated rings. The Balaban J connectivity index is 2.11. The molecule has 1 aliphatic carbocycles. The molecular formula is C19H27NO2. The topological polar surface area (TPSA) is 38.3 Å². The first-order valence-corrected chi connectivity index (χ1v) is 7.93. The minimum Gasteiger partial charge on any atom is -0.497 e. The zero-order valence-electron chi connectivity index (χ0n) is 14.1. The van der Waals surface area contributed by atoms with Gasteiger partial charge >= 0.3 is 0 Å². The molecule has 0 spiro atoms. The lowest BCUT2D eigenvalue weighted by molar-refractivity contribution is -0.123. The number of hydrogen-bond acceptors (Lipinski definition) is 2. The van der Waals surface area contributed by atoms with Gasteiger partial charge in [0.05, 0.1) is 7.11 Å². The largest absolute Gasteiger partial charge is 0.497 e. The third-order valence-corrected chi connectivity index (χ3v) is 4.72. The predicted octanol–water partition coefficient (Wildman–Crippen LogP) is 4.65. The van der Waals surface area contributed by atoms with E-state index in [1.54, 1.807) is 7.11 Å². The third kappa shape index (κ3) is 3.90. The van der Waals surface area contributed by atoms with Crippen LogP contribution in [-0.4, -0.2) is 13.0 Å². The molecule has 2 atom stereocenters. The number of allylic oxidation sites excluding steroid dienone is 1. The summed E-state index contributed by atoms with van der Waals surface area (Å²) in [5.74, 6) is 1.18. The molecule has 3 nitrogen and oxygen atoms in total. The van der Waals surface area contributed by atoms with Gasteiger partial charge in [-0.15, -0.1) is 0 Å². The van der Waals surface area contributed by atoms with Crippen LogP contribution in [0.4, 0.5) is 5.69 Å². The highest BCUT2D eigenvalue weighted by atomic mass is 16.5. The molecule has 1 aromatic rings. The molecule has 1 saturated carbocycles. The summed E-state index contributed by atoms with van der Waals surface area (Å²) in [4.78, 5) is 12.7. The van der Waals surface area contributed by atoms with Crippen molar-refractivity contribution in [3.05, 3.63) is 36.4 Å². The number of ether oxygens (including phenoxy) is 1. The van der Waals surface area contributed by atoms with Crippen molar-refractivity contribution in [1.29, 1.82) is 0 Å². The fourth-order valence-corrected chi connectivity index (χ4v) is 3.36. The Morgan fingerprint density at radius 3 is 2.45 bits per heavy atom. The van der Waals surface area contributed by atoms with Gasteiger partial charge in [-0.05, 0) is 61.8 Å². The molecule has 1 amide bonds. The summed E-state index contributed by atoms with van der Waals surface area (Å²) in [6.07, 6.45) is 3.10. The number of carbonyl (C=O) groups is 1. The minimum atomic E-state index is 0.00310. The Bertz CT molecular complexity index is 545. The van der Waals surface area contributed by atoms with Gasteiger partial charge < -0.3 is 10.1 Å². The number of amides is 1. The highest BCUT2D eigenvalue weighted by Crippen LogP contribution is 2.44. The van der Waals surface area contributed by atoms with E-state index in [0.717, 1.165) is 36.3 Å². The van der Waals surface area contributed by atoms with Crippen LogP contribution in [0.15, 0.2) is 36.4 Å². The van der Waals surface area contributed by atoms with Gasteiger partial charge in [-0.3, -0.25) is 4.79 Å². The number of benzene rings is 1. The van der Waals surface area contributed by atoms with Crippen LogP contribution in [0.25, 0.3) is 0 Å². The molecule has 1 aromatic carbocycles. The van der Waals surface area contributed by atoms with Gasteiger partial charge in [0.25, 0.3) is 0 Å². The number of carbonyl (C=O) groups excluding carboxylic acids is 1. The maximum absolute atomic E-state index is 12.7. The van der Waals surface area contributed by atoms with Crippen LogP contribution in [-0.2, 0) is 4.79 Å². The maximum atomic E-state index is 12.7. The molecule has 0 heterocycles. The first-order valence-electron chi connectivity index (χ1n) is 7.93. The molecule has 0 saturated heterocycles. The average Bonchev–Trinajstić information content (AvgIpc) is 2.46. The maximum Gasteiger partial charge on any atom is 0.228 e. The van der Waals surface area contributed by atoms with Gasteiger partial charge in [0.1, 0.15) is 5.75 Å². The zero-order valence-corrected chi connectivity index (χ0v) is 14.1. The summed E-state index contributed by atoms with van der Waals surface area (Å²) in [6.45, 7) is 10.6. The van der Waals surface area contributed by atoms with E-state index < -0.39 is 0 Å². The molecule has 2 unspecified atom stereocenters. The second kappa shape index (κ2) is 6.55. The highest BCUT2D eigenvalue weighted by molar-refractivity contribution is 5.93. The number of hydrogen-bond donors (Lipinski definition) is 1. The number of nitrogens with one attached hydrogen (secondary N) is 1. The van der Waals surface area contributed by atoms with Gasteiger partial charge in [0, 0.05) is 11.6 Å². The number of methoxy groups -OCH3 is 1. The van der Waals surface area contributed by atoms with E-state index in [1.165, 1.54) is 0 Å². The number of rotatable bonds is 4. The lowest BCUT2D eigenvalue weighted by Crippen LogP contribution is -2.38. The summed E-state index contributed by atoms with van der Waals surface area (Å²) in [5.41, 5.74) is 2.15. The molecule has 2 rings (SSSR count). The van der Waals surface area contributed by atoms with E-state index >= 15 is 0 Å². The summed E-state index contributed by atoms with van der Waals surface area (Å²) in [5, 5.41) is 3.05. The van der Waals surface area contributed by atoms with Crippen LogP contribution in [0.5, 0.6) is 5.75 Å². The van der Waals surface area contributed by atoms with Crippen LogP contribution in [0, 0.1) is 17.3 Å². The Morgan fingerprint density at radius 1 is 1.27 bits per heavy atom. The van der Waals surface area contributed by atoms with Crippen molar-refractivity contribution in [2.24, 2.45) is 17.3 Å². The van der Waals surface area contributed by atoms with Crippen LogP contribution < -0.4 is 10.1 Å². The molecule has 0 bridgehead atoms. The van der Waals surface area contributed by atoms with Gasteiger partial charge in [0.2, 0.25) is 5.91 Å². The lowest BCUT2D eigenvalue weighted by atomic mass is 9.65. The van der Waals surface area contributed by atoms with Crippen LogP contribution in [0.3, 0.4) is 0 Å². The fraction of sp³-hybridized carbons (Fsp3) is 0.526. The van der Waals surface area contributed by atoms with Crippen molar-refractivity contribution in [2.75, 3.05) is 12.4 Å². The van der Waals surface area contributed by atoms with Crippen LogP contribution in [0.1, 0.15) is 40.0 Å². The van der Waals surface area contributed by atoms with Crippen molar-refractivity contribution in [3.8, 4) is 5.75 Å². The fourth-order valence-electron chi connectivity index (χ4n) is 3.36. The molecule has 0 aromatic heterocycles. The second-order valence-electron chi connectivity index (χ2n) is 7.18. The minimum absolute atomic E-state index is 0.00310. The predicted molar refractivity (Wildman–Crippen MR) is 91.0 cm³/mol. The van der Waals surface area contributed by atoms with E-state index in [9.17, 15) is 4.79 Å².